The van der Waals surface area contributed by atoms with E-state index in [2.05, 4.69) is 25.9 Å². The average Bonchev–Trinajstić information content (AvgIpc) is 3.28. The lowest BCUT2D eigenvalue weighted by atomic mass is 10.0. The van der Waals surface area contributed by atoms with E-state index in [1.807, 2.05) is 0 Å². The molecule has 3 aromatic rings. The quantitative estimate of drug-likeness (QED) is 0.0161. The Hall–Kier alpha value is -7.87. The number of aliphatic imine (C=N–C) groups is 2. The Morgan fingerprint density at radius 1 is 0.682 bits per heavy atom. The molecule has 0 unspecified atom stereocenters. The van der Waals surface area contributed by atoms with Crippen LogP contribution in [0, 0.1) is 0 Å². The van der Waals surface area contributed by atoms with Crippen molar-refractivity contribution in [2.75, 3.05) is 29.9 Å². The summed E-state index contributed by atoms with van der Waals surface area (Å²) in [6.07, 6.45) is 8.12. The number of nitrogens with one attached hydrogen (secondary N) is 3. The predicted octanol–water partition coefficient (Wildman–Crippen LogP) is 1.19. The molecule has 20 heteroatoms. The minimum Gasteiger partial charge on any atom is -0.480 e. The van der Waals surface area contributed by atoms with Gasteiger partial charge < -0.3 is 60.4 Å². The van der Waals surface area contributed by atoms with Crippen LogP contribution >= 0.6 is 0 Å². The molecule has 0 aliphatic carbocycles. The molecule has 0 radical (unpaired) electrons. The van der Waals surface area contributed by atoms with Crippen molar-refractivity contribution in [1.29, 1.82) is 0 Å². The summed E-state index contributed by atoms with van der Waals surface area (Å²) in [5.74, 6) is -4.32. The second-order valence-electron chi connectivity index (χ2n) is 15.1. The number of unbranched alkanes of at least 4 members (excludes halogenated alkanes) is 1. The molecule has 0 aromatic heterocycles. The highest BCUT2D eigenvalue weighted by molar-refractivity contribution is 6.09. The first kappa shape index (κ1) is 52.5. The van der Waals surface area contributed by atoms with Crippen LogP contribution in [0.25, 0.3) is 6.08 Å². The van der Waals surface area contributed by atoms with Gasteiger partial charge in [0, 0.05) is 48.9 Å². The number of guanidine groups is 2. The van der Waals surface area contributed by atoms with E-state index in [1.54, 1.807) is 91.0 Å². The number of benzene rings is 3. The fourth-order valence-electron chi connectivity index (χ4n) is 6.40. The van der Waals surface area contributed by atoms with E-state index in [0.717, 1.165) is 0 Å². The topological polar surface area (TPSA) is 360 Å². The van der Waals surface area contributed by atoms with Crippen molar-refractivity contribution in [3.8, 4) is 0 Å². The fourth-order valence-corrected chi connectivity index (χ4v) is 6.40. The SMILES string of the molecule is NC(=O)CCCC[C@@H](NC(=O)[C@H](N)CCCN=C(N)N)C(=O)Nc1ccc(N(CC(=O)Cc2ccccc2/C=C/C=C/C(=O)N[C@@H](CCCN=C(N)N)C(=O)O)C(=O)c2ccccc2)cc1. The molecule has 0 fully saturated rings. The van der Waals surface area contributed by atoms with E-state index >= 15 is 0 Å². The van der Waals surface area contributed by atoms with E-state index in [0.29, 0.717) is 53.7 Å². The number of carboxylic acids is 1. The third-order valence-corrected chi connectivity index (χ3v) is 9.79. The molecular formula is C46H60N12O8. The third-order valence-electron chi connectivity index (χ3n) is 9.79. The maximum atomic E-state index is 13.9. The molecule has 0 aliphatic rings. The summed E-state index contributed by atoms with van der Waals surface area (Å²) >= 11 is 0. The number of allylic oxidation sites excluding steroid dienone is 2. The zero-order chi connectivity index (χ0) is 48.4. The van der Waals surface area contributed by atoms with Crippen LogP contribution in [0.5, 0.6) is 0 Å². The van der Waals surface area contributed by atoms with Crippen molar-refractivity contribution < 1.29 is 38.7 Å². The summed E-state index contributed by atoms with van der Waals surface area (Å²) in [6.45, 7) is 0.191. The van der Waals surface area contributed by atoms with Crippen molar-refractivity contribution in [3.63, 3.8) is 0 Å². The highest BCUT2D eigenvalue weighted by Gasteiger charge is 2.25. The second kappa shape index (κ2) is 28.0. The number of primary amides is 1. The molecule has 0 aliphatic heterocycles. The summed E-state index contributed by atoms with van der Waals surface area (Å²) in [4.78, 5) is 98.6. The number of amides is 5. The lowest BCUT2D eigenvalue weighted by molar-refractivity contribution is -0.141. The van der Waals surface area contributed by atoms with Crippen LogP contribution in [-0.2, 0) is 35.2 Å². The van der Waals surface area contributed by atoms with E-state index in [4.69, 9.17) is 34.4 Å². The summed E-state index contributed by atoms with van der Waals surface area (Å²) < 4.78 is 0. The molecule has 352 valence electrons. The lowest BCUT2D eigenvalue weighted by Crippen LogP contribution is -2.50. The number of carboxylic acid groups (broad SMARTS) is 1. The Morgan fingerprint density at radius 2 is 1.30 bits per heavy atom. The Bertz CT molecular complexity index is 2240. The molecule has 16 N–H and O–H groups in total. The van der Waals surface area contributed by atoms with Gasteiger partial charge >= 0.3 is 5.97 Å². The number of hydrogen-bond donors (Lipinski definition) is 10. The summed E-state index contributed by atoms with van der Waals surface area (Å²) in [5, 5.41) is 17.4. The fraction of sp³-hybridized carbons (Fsp3) is 0.326. The zero-order valence-electron chi connectivity index (χ0n) is 36.6. The first-order chi connectivity index (χ1) is 31.5. The largest absolute Gasteiger partial charge is 0.480 e. The van der Waals surface area contributed by atoms with Crippen LogP contribution < -0.4 is 55.3 Å². The number of nitrogens with zero attached hydrogens (tertiary/aromatic N) is 3. The lowest BCUT2D eigenvalue weighted by Gasteiger charge is -2.23. The van der Waals surface area contributed by atoms with Gasteiger partial charge in [-0.05, 0) is 86.1 Å². The van der Waals surface area contributed by atoms with Crippen LogP contribution in [0.2, 0.25) is 0 Å². The van der Waals surface area contributed by atoms with Crippen LogP contribution in [0.1, 0.15) is 72.9 Å². The first-order valence-corrected chi connectivity index (χ1v) is 21.2. The molecule has 66 heavy (non-hydrogen) atoms. The number of nitrogens with two attached hydrogens (primary N) is 6. The van der Waals surface area contributed by atoms with Crippen LogP contribution in [-0.4, -0.2) is 96.1 Å². The predicted molar refractivity (Wildman–Crippen MR) is 253 cm³/mol. The minimum absolute atomic E-state index is 0.0515. The number of carbonyl (C=O) groups is 7. The number of hydrogen-bond acceptors (Lipinski definition) is 10. The van der Waals surface area contributed by atoms with Crippen LogP contribution in [0.3, 0.4) is 0 Å². The average molecular weight is 909 g/mol. The summed E-state index contributed by atoms with van der Waals surface area (Å²) in [6, 6.07) is 18.8. The highest BCUT2D eigenvalue weighted by atomic mass is 16.4. The Labute approximate surface area is 383 Å². The molecule has 3 rings (SSSR count). The molecule has 0 saturated carbocycles. The van der Waals surface area contributed by atoms with Gasteiger partial charge in [0.1, 0.15) is 12.1 Å². The zero-order valence-corrected chi connectivity index (χ0v) is 36.6. The molecular weight excluding hydrogens is 849 g/mol. The number of Topliss-reactive ketones (excluding diaryl/α,β-unsaturated/α-hetero) is 1. The molecule has 0 bridgehead atoms. The molecule has 3 aromatic carbocycles. The maximum absolute atomic E-state index is 13.9. The number of rotatable bonds is 28. The van der Waals surface area contributed by atoms with Crippen LogP contribution in [0.4, 0.5) is 11.4 Å². The third kappa shape index (κ3) is 19.7. The number of anilines is 2. The number of carbonyl (C=O) groups excluding carboxylic acids is 6. The van der Waals surface area contributed by atoms with Gasteiger partial charge in [-0.2, -0.15) is 0 Å². The van der Waals surface area contributed by atoms with Crippen LogP contribution in [0.15, 0.2) is 107 Å². The van der Waals surface area contributed by atoms with E-state index < -0.39 is 53.6 Å². The van der Waals surface area contributed by atoms with Crippen molar-refractivity contribution in [2.45, 2.75) is 75.9 Å². The number of aliphatic carboxylic acids is 1. The van der Waals surface area contributed by atoms with Crippen molar-refractivity contribution >= 4 is 70.7 Å². The van der Waals surface area contributed by atoms with Gasteiger partial charge in [0.2, 0.25) is 23.6 Å². The maximum Gasteiger partial charge on any atom is 0.326 e. The smallest absolute Gasteiger partial charge is 0.326 e. The van der Waals surface area contributed by atoms with Gasteiger partial charge in [-0.1, -0.05) is 67.1 Å². The van der Waals surface area contributed by atoms with E-state index in [-0.39, 0.29) is 69.4 Å². The van der Waals surface area contributed by atoms with Gasteiger partial charge in [0.15, 0.2) is 17.7 Å². The summed E-state index contributed by atoms with van der Waals surface area (Å²) in [7, 11) is 0. The Kier molecular flexibility index (Phi) is 22.3. The molecule has 3 atom stereocenters. The Morgan fingerprint density at radius 3 is 1.94 bits per heavy atom. The van der Waals surface area contributed by atoms with Gasteiger partial charge in [-0.25, -0.2) is 4.79 Å². The summed E-state index contributed by atoms with van der Waals surface area (Å²) in [5.41, 5.74) is 35.0. The molecule has 0 saturated heterocycles. The molecule has 0 spiro atoms. The van der Waals surface area contributed by atoms with Gasteiger partial charge in [-0.3, -0.25) is 38.8 Å². The first-order valence-electron chi connectivity index (χ1n) is 21.2. The van der Waals surface area contributed by atoms with Gasteiger partial charge in [0.05, 0.1) is 12.6 Å². The molecule has 20 nitrogen and oxygen atoms in total. The van der Waals surface area contributed by atoms with Crippen molar-refractivity contribution in [2.24, 2.45) is 44.4 Å². The monoisotopic (exact) mass is 908 g/mol. The highest BCUT2D eigenvalue weighted by Crippen LogP contribution is 2.22. The van der Waals surface area contributed by atoms with Gasteiger partial charge in [0.25, 0.3) is 5.91 Å². The second-order valence-corrected chi connectivity index (χ2v) is 15.1. The van der Waals surface area contributed by atoms with E-state index in [1.165, 1.54) is 17.1 Å². The standard InChI is InChI=1S/C46H60N12O8/c47-36(17-10-26-53-45(49)50)41(62)57-37(18-7-8-20-39(48)60)42(63)55-33-22-24-34(25-23-33)58(43(64)31-14-2-1-3-15-31)29-35(59)28-32-16-5-4-12-30(32)13-6-9-21-40(61)56-38(44(65)66)19-11-27-54-46(51)52/h1-6,9,12-16,21-25,36-38H,7-8,10-11,17-20,26-29,47H2,(H2,48,60)(H,55,63)(H,56,61)(H,57,62)(H,65,66)(H4,49,50,53)(H4,51,52,54)/b13-6+,21-9+/t36-,37-,38+/m1/s1. The minimum atomic E-state index is -1.20. The van der Waals surface area contributed by atoms with E-state index in [9.17, 15) is 38.7 Å². The Balaban J connectivity index is 1.74. The molecule has 0 heterocycles. The normalized spacial score (nSPS) is 12.3. The van der Waals surface area contributed by atoms with Crippen molar-refractivity contribution in [1.82, 2.24) is 10.6 Å². The van der Waals surface area contributed by atoms with Gasteiger partial charge in [-0.15, -0.1) is 0 Å². The molecule has 5 amide bonds. The van der Waals surface area contributed by atoms with Crippen molar-refractivity contribution in [3.05, 3.63) is 114 Å². The number of ketones is 1.